The maximum absolute atomic E-state index is 13.8. The third-order valence-electron chi connectivity index (χ3n) is 5.56. The van der Waals surface area contributed by atoms with E-state index in [-0.39, 0.29) is 29.8 Å². The smallest absolute Gasteiger partial charge is 0.272 e. The van der Waals surface area contributed by atoms with Crippen molar-refractivity contribution in [3.8, 4) is 0 Å². The SMILES string of the molecule is CC(C)OCCc1cc(C(=O)NCc2cc(F)cc([N+](=O)[O-])c2)c(C(C)C)n1Cc1ccnc(F)c1. The second-order valence-electron chi connectivity index (χ2n) is 9.09. The summed E-state index contributed by atoms with van der Waals surface area (Å²) in [7, 11) is 0. The van der Waals surface area contributed by atoms with Gasteiger partial charge in [-0.2, -0.15) is 4.39 Å². The van der Waals surface area contributed by atoms with Crippen molar-refractivity contribution in [2.45, 2.75) is 59.2 Å². The van der Waals surface area contributed by atoms with Crippen LogP contribution < -0.4 is 5.32 Å². The van der Waals surface area contributed by atoms with Gasteiger partial charge in [0.1, 0.15) is 5.82 Å². The molecule has 0 saturated carbocycles. The summed E-state index contributed by atoms with van der Waals surface area (Å²) in [5.41, 5.74) is 2.64. The van der Waals surface area contributed by atoms with Gasteiger partial charge in [0.15, 0.2) is 0 Å². The summed E-state index contributed by atoms with van der Waals surface area (Å²) in [4.78, 5) is 27.2. The molecule has 0 saturated heterocycles. The number of pyridine rings is 1. The monoisotopic (exact) mass is 500 g/mol. The largest absolute Gasteiger partial charge is 0.378 e. The van der Waals surface area contributed by atoms with E-state index in [1.807, 2.05) is 32.3 Å². The number of non-ortho nitro benzene ring substituents is 1. The van der Waals surface area contributed by atoms with Crippen molar-refractivity contribution in [1.82, 2.24) is 14.9 Å². The van der Waals surface area contributed by atoms with Gasteiger partial charge >= 0.3 is 0 Å². The number of nitrogens with zero attached hydrogens (tertiary/aromatic N) is 3. The number of nitro groups is 1. The Morgan fingerprint density at radius 3 is 2.53 bits per heavy atom. The van der Waals surface area contributed by atoms with Crippen LogP contribution in [0, 0.1) is 21.9 Å². The fourth-order valence-electron chi connectivity index (χ4n) is 4.06. The molecule has 8 nitrogen and oxygen atoms in total. The highest BCUT2D eigenvalue weighted by molar-refractivity contribution is 5.96. The van der Waals surface area contributed by atoms with E-state index in [0.29, 0.717) is 30.7 Å². The van der Waals surface area contributed by atoms with Gasteiger partial charge in [0, 0.05) is 43.2 Å². The van der Waals surface area contributed by atoms with Gasteiger partial charge in [-0.1, -0.05) is 13.8 Å². The van der Waals surface area contributed by atoms with Gasteiger partial charge in [0.05, 0.1) is 29.3 Å². The molecule has 0 bridgehead atoms. The summed E-state index contributed by atoms with van der Waals surface area (Å²) in [5.74, 6) is -1.78. The molecule has 1 amide bonds. The lowest BCUT2D eigenvalue weighted by Crippen LogP contribution is -2.24. The van der Waals surface area contributed by atoms with Crippen molar-refractivity contribution in [2.75, 3.05) is 6.61 Å². The third kappa shape index (κ3) is 6.94. The standard InChI is InChI=1S/C26H30F2N4O4/c1-16(2)25-23(26(33)30-14-19-9-20(27)12-22(10-19)32(34)35)13-21(6-8-36-17(3)4)31(25)15-18-5-7-29-24(28)11-18/h5,7,9-13,16-17H,6,8,14-15H2,1-4H3,(H,30,33). The van der Waals surface area contributed by atoms with Crippen LogP contribution in [0.3, 0.4) is 0 Å². The first-order chi connectivity index (χ1) is 17.0. The van der Waals surface area contributed by atoms with Crippen LogP contribution in [0.2, 0.25) is 0 Å². The minimum Gasteiger partial charge on any atom is -0.378 e. The summed E-state index contributed by atoms with van der Waals surface area (Å²) in [5, 5.41) is 13.8. The number of nitrogens with one attached hydrogen (secondary N) is 1. The van der Waals surface area contributed by atoms with Gasteiger partial charge in [0.25, 0.3) is 11.6 Å². The second kappa shape index (κ2) is 11.9. The molecule has 36 heavy (non-hydrogen) atoms. The fourth-order valence-corrected chi connectivity index (χ4v) is 4.06. The van der Waals surface area contributed by atoms with E-state index in [9.17, 15) is 23.7 Å². The Kier molecular flexibility index (Phi) is 8.87. The van der Waals surface area contributed by atoms with E-state index < -0.39 is 22.6 Å². The maximum Gasteiger partial charge on any atom is 0.272 e. The van der Waals surface area contributed by atoms with E-state index in [1.54, 1.807) is 12.1 Å². The molecule has 0 fully saturated rings. The van der Waals surface area contributed by atoms with E-state index in [4.69, 9.17) is 4.74 Å². The Morgan fingerprint density at radius 2 is 1.89 bits per heavy atom. The first-order valence-electron chi connectivity index (χ1n) is 11.7. The first kappa shape index (κ1) is 26.9. The average molecular weight is 501 g/mol. The molecule has 3 rings (SSSR count). The molecule has 2 aromatic heterocycles. The van der Waals surface area contributed by atoms with Crippen molar-refractivity contribution >= 4 is 11.6 Å². The number of aromatic nitrogens is 2. The zero-order chi connectivity index (χ0) is 26.4. The Labute approximate surface area is 208 Å². The van der Waals surface area contributed by atoms with Crippen molar-refractivity contribution in [3.63, 3.8) is 0 Å². The zero-order valence-electron chi connectivity index (χ0n) is 20.8. The fraction of sp³-hybridized carbons (Fsp3) is 0.385. The summed E-state index contributed by atoms with van der Waals surface area (Å²) >= 11 is 0. The van der Waals surface area contributed by atoms with Gasteiger partial charge in [-0.3, -0.25) is 14.9 Å². The van der Waals surface area contributed by atoms with Crippen molar-refractivity contribution in [2.24, 2.45) is 0 Å². The molecule has 0 aliphatic rings. The van der Waals surface area contributed by atoms with Crippen LogP contribution in [0.15, 0.2) is 42.6 Å². The van der Waals surface area contributed by atoms with Gasteiger partial charge in [-0.15, -0.1) is 0 Å². The molecule has 0 aliphatic heterocycles. The lowest BCUT2D eigenvalue weighted by Gasteiger charge is -2.18. The molecule has 1 aromatic carbocycles. The Balaban J connectivity index is 1.93. The molecule has 3 aromatic rings. The van der Waals surface area contributed by atoms with Gasteiger partial charge in [-0.05, 0) is 55.2 Å². The average Bonchev–Trinajstić information content (AvgIpc) is 3.15. The molecule has 192 valence electrons. The number of carbonyl (C=O) groups is 1. The number of hydrogen-bond acceptors (Lipinski definition) is 5. The number of carbonyl (C=O) groups excluding carboxylic acids is 1. The molecule has 0 unspecified atom stereocenters. The highest BCUT2D eigenvalue weighted by Crippen LogP contribution is 2.27. The summed E-state index contributed by atoms with van der Waals surface area (Å²) in [6.45, 7) is 8.49. The lowest BCUT2D eigenvalue weighted by atomic mass is 10.0. The molecule has 0 aliphatic carbocycles. The predicted molar refractivity (Wildman–Crippen MR) is 131 cm³/mol. The Bertz CT molecular complexity index is 1240. The third-order valence-corrected chi connectivity index (χ3v) is 5.56. The van der Waals surface area contributed by atoms with E-state index >= 15 is 0 Å². The molecular weight excluding hydrogens is 470 g/mol. The van der Waals surface area contributed by atoms with E-state index in [1.165, 1.54) is 18.3 Å². The number of amides is 1. The van der Waals surface area contributed by atoms with Gasteiger partial charge < -0.3 is 14.6 Å². The summed E-state index contributed by atoms with van der Waals surface area (Å²) < 4.78 is 35.3. The van der Waals surface area contributed by atoms with Crippen LogP contribution in [0.4, 0.5) is 14.5 Å². The Hall–Kier alpha value is -3.66. The number of rotatable bonds is 11. The quantitative estimate of drug-likeness (QED) is 0.223. The first-order valence-corrected chi connectivity index (χ1v) is 11.7. The second-order valence-corrected chi connectivity index (χ2v) is 9.09. The predicted octanol–water partition coefficient (Wildman–Crippen LogP) is 5.14. The van der Waals surface area contributed by atoms with E-state index in [2.05, 4.69) is 10.3 Å². The minimum absolute atomic E-state index is 0.0466. The van der Waals surface area contributed by atoms with Crippen LogP contribution >= 0.6 is 0 Å². The normalized spacial score (nSPS) is 11.3. The van der Waals surface area contributed by atoms with Crippen LogP contribution in [0.25, 0.3) is 0 Å². The molecule has 1 N–H and O–H groups in total. The molecule has 0 atom stereocenters. The topological polar surface area (TPSA) is 99.3 Å². The van der Waals surface area contributed by atoms with E-state index in [0.717, 1.165) is 23.5 Å². The summed E-state index contributed by atoms with van der Waals surface area (Å²) in [6, 6.07) is 8.07. The molecular formula is C26H30F2N4O4. The highest BCUT2D eigenvalue weighted by atomic mass is 19.1. The number of benzene rings is 1. The number of nitro benzene ring substituents is 1. The maximum atomic E-state index is 13.8. The lowest BCUT2D eigenvalue weighted by molar-refractivity contribution is -0.385. The van der Waals surface area contributed by atoms with Crippen LogP contribution in [0.1, 0.15) is 66.5 Å². The van der Waals surface area contributed by atoms with Crippen LogP contribution in [-0.2, 0) is 24.2 Å². The molecule has 0 radical (unpaired) electrons. The highest BCUT2D eigenvalue weighted by Gasteiger charge is 2.23. The number of hydrogen-bond donors (Lipinski definition) is 1. The van der Waals surface area contributed by atoms with Crippen molar-refractivity contribution in [3.05, 3.63) is 92.6 Å². The number of ether oxygens (including phenoxy) is 1. The molecule has 10 heteroatoms. The summed E-state index contributed by atoms with van der Waals surface area (Å²) in [6.07, 6.45) is 1.98. The zero-order valence-corrected chi connectivity index (χ0v) is 20.8. The van der Waals surface area contributed by atoms with Crippen molar-refractivity contribution < 1.29 is 23.2 Å². The molecule has 0 spiro atoms. The van der Waals surface area contributed by atoms with Crippen molar-refractivity contribution in [1.29, 1.82) is 0 Å². The van der Waals surface area contributed by atoms with Crippen LogP contribution in [-0.4, -0.2) is 33.1 Å². The molecule has 2 heterocycles. The number of halogens is 2. The minimum atomic E-state index is -0.750. The van der Waals surface area contributed by atoms with Crippen LogP contribution in [0.5, 0.6) is 0 Å². The Morgan fingerprint density at radius 1 is 1.14 bits per heavy atom. The van der Waals surface area contributed by atoms with Gasteiger partial charge in [-0.25, -0.2) is 9.37 Å². The van der Waals surface area contributed by atoms with Gasteiger partial charge in [0.2, 0.25) is 5.95 Å².